The Hall–Kier alpha value is -2.41. The summed E-state index contributed by atoms with van der Waals surface area (Å²) in [4.78, 5) is 12.7. The van der Waals surface area contributed by atoms with Gasteiger partial charge in [0.1, 0.15) is 5.82 Å². The average Bonchev–Trinajstić information content (AvgIpc) is 3.36. The third kappa shape index (κ3) is 4.29. The monoisotopic (exact) mass is 372 g/mol. The molecule has 7 heteroatoms. The molecule has 0 aliphatic heterocycles. The highest BCUT2D eigenvalue weighted by Gasteiger charge is 2.23. The van der Waals surface area contributed by atoms with Gasteiger partial charge in [0.15, 0.2) is 0 Å². The zero-order valence-electron chi connectivity index (χ0n) is 12.5. The van der Waals surface area contributed by atoms with Crippen LogP contribution in [-0.2, 0) is 0 Å². The molecule has 0 saturated heterocycles. The predicted octanol–water partition coefficient (Wildman–Crippen LogP) is 3.56. The number of aromatic nitrogens is 3. The fourth-order valence-electron chi connectivity index (χ4n) is 2.00. The Morgan fingerprint density at radius 1 is 1.35 bits per heavy atom. The number of pyridine rings is 1. The van der Waals surface area contributed by atoms with Crippen molar-refractivity contribution >= 4 is 33.4 Å². The molecule has 0 atom stereocenters. The Morgan fingerprint density at radius 2 is 2.09 bits per heavy atom. The van der Waals surface area contributed by atoms with Gasteiger partial charge in [-0.2, -0.15) is 4.98 Å². The van der Waals surface area contributed by atoms with Crippen molar-refractivity contribution in [2.24, 2.45) is 11.7 Å². The molecular weight excluding hydrogens is 356 g/mol. The fraction of sp³-hybridized carbons (Fsp3) is 0.188. The van der Waals surface area contributed by atoms with E-state index < -0.39 is 0 Å². The molecule has 0 amide bonds. The lowest BCUT2D eigenvalue weighted by molar-refractivity contribution is 0.976. The van der Waals surface area contributed by atoms with Crippen LogP contribution >= 0.6 is 15.9 Å². The maximum atomic E-state index is 6.00. The molecule has 1 saturated carbocycles. The van der Waals surface area contributed by atoms with Crippen molar-refractivity contribution < 1.29 is 0 Å². The molecule has 0 radical (unpaired) electrons. The molecule has 2 heterocycles. The summed E-state index contributed by atoms with van der Waals surface area (Å²) in [5.41, 5.74) is 8.43. The van der Waals surface area contributed by atoms with E-state index >= 15 is 0 Å². The summed E-state index contributed by atoms with van der Waals surface area (Å²) in [6, 6.07) is 3.69. The minimum Gasteiger partial charge on any atom is -0.402 e. The first-order valence-corrected chi connectivity index (χ1v) is 8.03. The van der Waals surface area contributed by atoms with E-state index in [0.717, 1.165) is 28.7 Å². The van der Waals surface area contributed by atoms with E-state index in [2.05, 4.69) is 48.1 Å². The summed E-state index contributed by atoms with van der Waals surface area (Å²) in [7, 11) is 0. The molecule has 1 aliphatic carbocycles. The van der Waals surface area contributed by atoms with Crippen LogP contribution in [0.15, 0.2) is 59.2 Å². The second kappa shape index (κ2) is 6.78. The SMILES string of the molecule is C=C(/C=C(\N)C1CC1)Nc1nc(Nc2ccncc2)ncc1Br. The van der Waals surface area contributed by atoms with Crippen LogP contribution in [0, 0.1) is 5.92 Å². The largest absolute Gasteiger partial charge is 0.402 e. The minimum absolute atomic E-state index is 0.480. The molecule has 2 aromatic rings. The molecule has 2 aromatic heterocycles. The van der Waals surface area contributed by atoms with E-state index in [-0.39, 0.29) is 0 Å². The van der Waals surface area contributed by atoms with Gasteiger partial charge in [0, 0.05) is 35.7 Å². The van der Waals surface area contributed by atoms with Crippen molar-refractivity contribution in [1.29, 1.82) is 0 Å². The number of rotatable bonds is 6. The Morgan fingerprint density at radius 3 is 2.78 bits per heavy atom. The van der Waals surface area contributed by atoms with E-state index in [1.807, 2.05) is 18.2 Å². The van der Waals surface area contributed by atoms with Gasteiger partial charge >= 0.3 is 0 Å². The summed E-state index contributed by atoms with van der Waals surface area (Å²) >= 11 is 3.43. The van der Waals surface area contributed by atoms with Gasteiger partial charge in [-0.15, -0.1) is 0 Å². The number of hydrogen-bond donors (Lipinski definition) is 3. The molecule has 3 rings (SSSR count). The highest BCUT2D eigenvalue weighted by atomic mass is 79.9. The lowest BCUT2D eigenvalue weighted by Gasteiger charge is -2.10. The number of nitrogens with two attached hydrogens (primary N) is 1. The lowest BCUT2D eigenvalue weighted by atomic mass is 10.2. The third-order valence-corrected chi connectivity index (χ3v) is 3.93. The first-order chi connectivity index (χ1) is 11.1. The number of halogens is 1. The Balaban J connectivity index is 1.72. The molecular formula is C16H17BrN6. The topological polar surface area (TPSA) is 88.8 Å². The van der Waals surface area contributed by atoms with Crippen molar-refractivity contribution in [3.8, 4) is 0 Å². The molecule has 6 nitrogen and oxygen atoms in total. The standard InChI is InChI=1S/C16H17BrN6/c1-10(8-14(18)11-2-3-11)21-15-13(17)9-20-16(23-15)22-12-4-6-19-7-5-12/h4-9,11H,1-3,18H2,(H2,19,20,21,22,23)/b14-8-. The number of nitrogens with one attached hydrogen (secondary N) is 2. The lowest BCUT2D eigenvalue weighted by Crippen LogP contribution is -2.06. The van der Waals surface area contributed by atoms with Crippen molar-refractivity contribution in [2.75, 3.05) is 10.6 Å². The van der Waals surface area contributed by atoms with Crippen LogP contribution in [0.4, 0.5) is 17.5 Å². The van der Waals surface area contributed by atoms with E-state index in [0.29, 0.717) is 23.4 Å². The minimum atomic E-state index is 0.480. The quantitative estimate of drug-likeness (QED) is 0.671. The van der Waals surface area contributed by atoms with Crippen LogP contribution in [0.2, 0.25) is 0 Å². The summed E-state index contributed by atoms with van der Waals surface area (Å²) in [6.07, 6.45) is 9.27. The molecule has 118 valence electrons. The van der Waals surface area contributed by atoms with E-state index in [4.69, 9.17) is 5.73 Å². The molecule has 1 fully saturated rings. The molecule has 0 unspecified atom stereocenters. The highest BCUT2D eigenvalue weighted by molar-refractivity contribution is 9.10. The Labute approximate surface area is 143 Å². The summed E-state index contributed by atoms with van der Waals surface area (Å²) in [5.74, 6) is 1.61. The predicted molar refractivity (Wildman–Crippen MR) is 95.0 cm³/mol. The maximum Gasteiger partial charge on any atom is 0.229 e. The molecule has 0 aromatic carbocycles. The first-order valence-electron chi connectivity index (χ1n) is 7.24. The van der Waals surface area contributed by atoms with Crippen molar-refractivity contribution in [3.63, 3.8) is 0 Å². The van der Waals surface area contributed by atoms with Gasteiger partial charge in [0.25, 0.3) is 0 Å². The molecule has 23 heavy (non-hydrogen) atoms. The van der Waals surface area contributed by atoms with Crippen molar-refractivity contribution in [1.82, 2.24) is 15.0 Å². The molecule has 0 spiro atoms. The Bertz CT molecular complexity index is 739. The molecule has 0 bridgehead atoms. The average molecular weight is 373 g/mol. The van der Waals surface area contributed by atoms with Gasteiger partial charge < -0.3 is 16.4 Å². The summed E-state index contributed by atoms with van der Waals surface area (Å²) in [5, 5.41) is 6.27. The smallest absolute Gasteiger partial charge is 0.229 e. The van der Waals surface area contributed by atoms with Gasteiger partial charge in [0.05, 0.1) is 4.47 Å². The number of allylic oxidation sites excluding steroid dienone is 2. The second-order valence-electron chi connectivity index (χ2n) is 5.32. The number of hydrogen-bond acceptors (Lipinski definition) is 6. The van der Waals surface area contributed by atoms with Crippen molar-refractivity contribution in [2.45, 2.75) is 12.8 Å². The van der Waals surface area contributed by atoms with Gasteiger partial charge in [-0.1, -0.05) is 6.58 Å². The highest BCUT2D eigenvalue weighted by Crippen LogP contribution is 2.34. The van der Waals surface area contributed by atoms with Crippen LogP contribution in [0.5, 0.6) is 0 Å². The zero-order valence-corrected chi connectivity index (χ0v) is 14.0. The second-order valence-corrected chi connectivity index (χ2v) is 6.17. The van der Waals surface area contributed by atoms with Crippen LogP contribution in [-0.4, -0.2) is 15.0 Å². The summed E-state index contributed by atoms with van der Waals surface area (Å²) < 4.78 is 0.748. The third-order valence-electron chi connectivity index (χ3n) is 3.35. The Kier molecular flexibility index (Phi) is 4.57. The normalized spacial score (nSPS) is 14.4. The van der Waals surface area contributed by atoms with Gasteiger partial charge in [0.2, 0.25) is 5.95 Å². The van der Waals surface area contributed by atoms with Crippen LogP contribution < -0.4 is 16.4 Å². The van der Waals surface area contributed by atoms with E-state index in [1.54, 1.807) is 18.6 Å². The summed E-state index contributed by atoms with van der Waals surface area (Å²) in [6.45, 7) is 3.98. The van der Waals surface area contributed by atoms with Gasteiger partial charge in [-0.05, 0) is 52.9 Å². The molecule has 4 N–H and O–H groups in total. The van der Waals surface area contributed by atoms with Gasteiger partial charge in [-0.3, -0.25) is 4.98 Å². The van der Waals surface area contributed by atoms with E-state index in [9.17, 15) is 0 Å². The number of nitrogens with zero attached hydrogens (tertiary/aromatic N) is 3. The van der Waals surface area contributed by atoms with E-state index in [1.165, 1.54) is 0 Å². The van der Waals surface area contributed by atoms with Crippen LogP contribution in [0.25, 0.3) is 0 Å². The van der Waals surface area contributed by atoms with Gasteiger partial charge in [-0.25, -0.2) is 4.98 Å². The molecule has 1 aliphatic rings. The first kappa shape index (κ1) is 15.5. The van der Waals surface area contributed by atoms with Crippen molar-refractivity contribution in [3.05, 3.63) is 59.2 Å². The maximum absolute atomic E-state index is 6.00. The number of anilines is 3. The van der Waals surface area contributed by atoms with Crippen LogP contribution in [0.3, 0.4) is 0 Å². The van der Waals surface area contributed by atoms with Crippen LogP contribution in [0.1, 0.15) is 12.8 Å². The fourth-order valence-corrected chi connectivity index (χ4v) is 2.29. The zero-order chi connectivity index (χ0) is 16.2.